The molecule has 0 aliphatic carbocycles. The van der Waals surface area contributed by atoms with Crippen LogP contribution in [0.4, 0.5) is 0 Å². The van der Waals surface area contributed by atoms with E-state index in [1.54, 1.807) is 23.1 Å². The van der Waals surface area contributed by atoms with Crippen molar-refractivity contribution in [3.8, 4) is 0 Å². The van der Waals surface area contributed by atoms with Crippen molar-refractivity contribution in [2.75, 3.05) is 20.2 Å². The van der Waals surface area contributed by atoms with Gasteiger partial charge in [0.15, 0.2) is 0 Å². The fourth-order valence-electron chi connectivity index (χ4n) is 1.64. The molecule has 1 amide bonds. The number of nitrogens with zero attached hydrogens (tertiary/aromatic N) is 1. The highest BCUT2D eigenvalue weighted by atomic mass is 35.5. The lowest BCUT2D eigenvalue weighted by atomic mass is 10.2. The smallest absolute Gasteiger partial charge is 0.307 e. The lowest BCUT2D eigenvalue weighted by Gasteiger charge is -2.18. The molecule has 1 aromatic rings. The maximum atomic E-state index is 12.0. The number of esters is 1. The lowest BCUT2D eigenvalue weighted by Crippen LogP contribution is -2.31. The second-order valence-corrected chi connectivity index (χ2v) is 4.57. The molecule has 0 saturated carbocycles. The van der Waals surface area contributed by atoms with Crippen LogP contribution in [0.3, 0.4) is 0 Å². The van der Waals surface area contributed by atoms with Gasteiger partial charge >= 0.3 is 5.97 Å². The number of benzene rings is 1. The van der Waals surface area contributed by atoms with E-state index in [4.69, 9.17) is 11.6 Å². The zero-order chi connectivity index (χ0) is 15.0. The predicted molar refractivity (Wildman–Crippen MR) is 79.4 cm³/mol. The summed E-state index contributed by atoms with van der Waals surface area (Å²) in [6.07, 6.45) is 3.38. The largest absolute Gasteiger partial charge is 0.469 e. The Labute approximate surface area is 124 Å². The topological polar surface area (TPSA) is 46.6 Å². The summed E-state index contributed by atoms with van der Waals surface area (Å²) in [6.45, 7) is 2.75. The summed E-state index contributed by atoms with van der Waals surface area (Å²) in [6, 6.07) is 7.23. The quantitative estimate of drug-likeness (QED) is 0.599. The van der Waals surface area contributed by atoms with Gasteiger partial charge in [-0.25, -0.2) is 0 Å². The van der Waals surface area contributed by atoms with Gasteiger partial charge in [0.05, 0.1) is 13.5 Å². The normalized spacial score (nSPS) is 10.6. The number of hydrogen-bond donors (Lipinski definition) is 0. The summed E-state index contributed by atoms with van der Waals surface area (Å²) >= 11 is 5.87. The number of likely N-dealkylation sites (N-methyl/N-ethyl adjacent to an activating group) is 1. The van der Waals surface area contributed by atoms with Crippen molar-refractivity contribution in [2.45, 2.75) is 13.3 Å². The first-order valence-electron chi connectivity index (χ1n) is 6.36. The van der Waals surface area contributed by atoms with E-state index in [0.29, 0.717) is 18.1 Å². The molecule has 1 rings (SSSR count). The van der Waals surface area contributed by atoms with Crippen molar-refractivity contribution in [2.24, 2.45) is 0 Å². The van der Waals surface area contributed by atoms with Crippen molar-refractivity contribution in [1.29, 1.82) is 0 Å². The molecule has 0 N–H and O–H groups in total. The summed E-state index contributed by atoms with van der Waals surface area (Å²) in [5.74, 6) is -0.466. The molecule has 0 radical (unpaired) electrons. The van der Waals surface area contributed by atoms with E-state index in [-0.39, 0.29) is 18.3 Å². The molecule has 0 aliphatic heterocycles. The molecule has 108 valence electrons. The number of ether oxygens (including phenoxy) is 1. The van der Waals surface area contributed by atoms with Gasteiger partial charge in [0, 0.05) is 24.2 Å². The van der Waals surface area contributed by atoms with Crippen LogP contribution < -0.4 is 0 Å². The lowest BCUT2D eigenvalue weighted by molar-refractivity contribution is -0.141. The van der Waals surface area contributed by atoms with Crippen LogP contribution in [0.2, 0.25) is 5.02 Å². The Kier molecular flexibility index (Phi) is 6.81. The number of carbonyl (C=O) groups excluding carboxylic acids is 2. The van der Waals surface area contributed by atoms with Gasteiger partial charge in [-0.1, -0.05) is 23.7 Å². The summed E-state index contributed by atoms with van der Waals surface area (Å²) in [5.41, 5.74) is 0.856. The molecule has 0 spiro atoms. The Morgan fingerprint density at radius 2 is 2.15 bits per heavy atom. The highest BCUT2D eigenvalue weighted by Gasteiger charge is 2.10. The first-order valence-corrected chi connectivity index (χ1v) is 6.74. The molecule has 5 heteroatoms. The molecular formula is C15H18ClNO3. The van der Waals surface area contributed by atoms with Crippen molar-refractivity contribution < 1.29 is 14.3 Å². The SMILES string of the molecule is CCN(CCC(=O)OC)C(=O)C=Cc1cccc(Cl)c1. The zero-order valence-electron chi connectivity index (χ0n) is 11.6. The average molecular weight is 296 g/mol. The number of rotatable bonds is 6. The Bertz CT molecular complexity index is 500. The van der Waals surface area contributed by atoms with Gasteiger partial charge in [-0.15, -0.1) is 0 Å². The number of hydrogen-bond acceptors (Lipinski definition) is 3. The maximum absolute atomic E-state index is 12.0. The number of amides is 1. The van der Waals surface area contributed by atoms with Gasteiger partial charge in [-0.3, -0.25) is 9.59 Å². The molecule has 0 aliphatic rings. The number of halogens is 1. The minimum absolute atomic E-state index is 0.142. The van der Waals surface area contributed by atoms with Gasteiger partial charge in [0.2, 0.25) is 5.91 Å². The zero-order valence-corrected chi connectivity index (χ0v) is 12.4. The highest BCUT2D eigenvalue weighted by molar-refractivity contribution is 6.30. The predicted octanol–water partition coefficient (Wildman–Crippen LogP) is 2.76. The minimum atomic E-state index is -0.324. The summed E-state index contributed by atoms with van der Waals surface area (Å²) in [4.78, 5) is 24.6. The van der Waals surface area contributed by atoms with Gasteiger partial charge in [-0.05, 0) is 30.7 Å². The molecular weight excluding hydrogens is 278 g/mol. The Balaban J connectivity index is 2.60. The van der Waals surface area contributed by atoms with E-state index in [1.165, 1.54) is 13.2 Å². The fourth-order valence-corrected chi connectivity index (χ4v) is 1.83. The maximum Gasteiger partial charge on any atom is 0.307 e. The number of methoxy groups -OCH3 is 1. The molecule has 1 aromatic carbocycles. The monoisotopic (exact) mass is 295 g/mol. The second-order valence-electron chi connectivity index (χ2n) is 4.13. The van der Waals surface area contributed by atoms with Crippen molar-refractivity contribution in [3.63, 3.8) is 0 Å². The van der Waals surface area contributed by atoms with Crippen molar-refractivity contribution >= 4 is 29.6 Å². The summed E-state index contributed by atoms with van der Waals surface area (Å²) in [7, 11) is 1.33. The average Bonchev–Trinajstić information content (AvgIpc) is 2.45. The molecule has 0 heterocycles. The first kappa shape index (κ1) is 16.2. The van der Waals surface area contributed by atoms with E-state index in [0.717, 1.165) is 5.56 Å². The number of carbonyl (C=O) groups is 2. The second kappa shape index (κ2) is 8.38. The van der Waals surface area contributed by atoms with Crippen LogP contribution >= 0.6 is 11.6 Å². The molecule has 0 bridgehead atoms. The van der Waals surface area contributed by atoms with Crippen LogP contribution in [-0.4, -0.2) is 37.0 Å². The highest BCUT2D eigenvalue weighted by Crippen LogP contribution is 2.12. The molecule has 20 heavy (non-hydrogen) atoms. The van der Waals surface area contributed by atoms with E-state index in [1.807, 2.05) is 19.1 Å². The molecule has 0 unspecified atom stereocenters. The molecule has 0 saturated heterocycles. The van der Waals surface area contributed by atoms with Gasteiger partial charge in [-0.2, -0.15) is 0 Å². The Morgan fingerprint density at radius 1 is 1.40 bits per heavy atom. The van der Waals surface area contributed by atoms with E-state index >= 15 is 0 Å². The van der Waals surface area contributed by atoms with Crippen molar-refractivity contribution in [1.82, 2.24) is 4.90 Å². The first-order chi connectivity index (χ1) is 9.56. The standard InChI is InChI=1S/C15H18ClNO3/c1-3-17(10-9-15(19)20-2)14(18)8-7-12-5-4-6-13(16)11-12/h4-8,11H,3,9-10H2,1-2H3. The molecule has 0 fully saturated rings. The third kappa shape index (κ3) is 5.45. The molecule has 4 nitrogen and oxygen atoms in total. The Hall–Kier alpha value is -1.81. The van der Waals surface area contributed by atoms with Crippen LogP contribution in [0.15, 0.2) is 30.3 Å². The van der Waals surface area contributed by atoms with Crippen LogP contribution in [0.5, 0.6) is 0 Å². The van der Waals surface area contributed by atoms with Crippen LogP contribution in [0.1, 0.15) is 18.9 Å². The molecule has 0 atom stereocenters. The van der Waals surface area contributed by atoms with Crippen molar-refractivity contribution in [3.05, 3.63) is 40.9 Å². The van der Waals surface area contributed by atoms with E-state index < -0.39 is 0 Å². The summed E-state index contributed by atoms with van der Waals surface area (Å²) in [5, 5.41) is 0.623. The third-order valence-corrected chi connectivity index (χ3v) is 3.01. The van der Waals surface area contributed by atoms with E-state index in [9.17, 15) is 9.59 Å². The van der Waals surface area contributed by atoms with Crippen LogP contribution in [-0.2, 0) is 14.3 Å². The summed E-state index contributed by atoms with van der Waals surface area (Å²) < 4.78 is 4.56. The third-order valence-electron chi connectivity index (χ3n) is 2.77. The van der Waals surface area contributed by atoms with E-state index in [2.05, 4.69) is 4.74 Å². The molecule has 0 aromatic heterocycles. The van der Waals surface area contributed by atoms with Crippen LogP contribution in [0, 0.1) is 0 Å². The van der Waals surface area contributed by atoms with Gasteiger partial charge in [0.25, 0.3) is 0 Å². The van der Waals surface area contributed by atoms with Gasteiger partial charge < -0.3 is 9.64 Å². The fraction of sp³-hybridized carbons (Fsp3) is 0.333. The van der Waals surface area contributed by atoms with Crippen LogP contribution in [0.25, 0.3) is 6.08 Å². The minimum Gasteiger partial charge on any atom is -0.469 e. The van der Waals surface area contributed by atoms with Gasteiger partial charge in [0.1, 0.15) is 0 Å². The Morgan fingerprint density at radius 3 is 2.75 bits per heavy atom.